The number of esters is 1. The van der Waals surface area contributed by atoms with Crippen molar-refractivity contribution in [3.63, 3.8) is 0 Å². The highest BCUT2D eigenvalue weighted by Gasteiger charge is 2.03. The number of ether oxygens (including phenoxy) is 1. The Kier molecular flexibility index (Phi) is 3.73. The fourth-order valence-electron chi connectivity index (χ4n) is 0.878. The average Bonchev–Trinajstić information content (AvgIpc) is 2.16. The Morgan fingerprint density at radius 3 is 2.40 bits per heavy atom. The zero-order valence-corrected chi connectivity index (χ0v) is 8.14. The van der Waals surface area contributed by atoms with E-state index < -0.39 is 11.9 Å². The molecule has 1 aromatic heterocycles. The second-order valence-corrected chi connectivity index (χ2v) is 2.85. The standard InChI is InChI=1S/C9H10N2O4/c1-6(12)15-5-8-4-10-7(3-11-8)2-9(13)14/h3-4H,2,5H2,1H3,(H,13,14). The first-order chi connectivity index (χ1) is 7.08. The highest BCUT2D eigenvalue weighted by Crippen LogP contribution is 1.98. The van der Waals surface area contributed by atoms with E-state index in [2.05, 4.69) is 9.97 Å². The lowest BCUT2D eigenvalue weighted by atomic mass is 10.3. The fourth-order valence-corrected chi connectivity index (χ4v) is 0.878. The maximum Gasteiger partial charge on any atom is 0.309 e. The highest BCUT2D eigenvalue weighted by atomic mass is 16.5. The van der Waals surface area contributed by atoms with Crippen LogP contribution >= 0.6 is 0 Å². The zero-order chi connectivity index (χ0) is 11.3. The van der Waals surface area contributed by atoms with Gasteiger partial charge in [-0.1, -0.05) is 0 Å². The number of aromatic nitrogens is 2. The molecule has 0 aliphatic rings. The third kappa shape index (κ3) is 4.17. The molecule has 15 heavy (non-hydrogen) atoms. The van der Waals surface area contributed by atoms with Crippen LogP contribution in [0.2, 0.25) is 0 Å². The van der Waals surface area contributed by atoms with Crippen LogP contribution in [-0.4, -0.2) is 27.0 Å². The molecule has 0 amide bonds. The largest absolute Gasteiger partial charge is 0.481 e. The second-order valence-electron chi connectivity index (χ2n) is 2.85. The van der Waals surface area contributed by atoms with Crippen molar-refractivity contribution < 1.29 is 19.4 Å². The van der Waals surface area contributed by atoms with Gasteiger partial charge in [-0.25, -0.2) is 0 Å². The number of nitrogens with zero attached hydrogens (tertiary/aromatic N) is 2. The van der Waals surface area contributed by atoms with Crippen LogP contribution in [0, 0.1) is 0 Å². The molecule has 0 saturated heterocycles. The first kappa shape index (κ1) is 11.1. The molecular formula is C9H10N2O4. The minimum atomic E-state index is -0.961. The third-order valence-corrected chi connectivity index (χ3v) is 1.51. The van der Waals surface area contributed by atoms with E-state index in [1.807, 2.05) is 0 Å². The fraction of sp³-hybridized carbons (Fsp3) is 0.333. The van der Waals surface area contributed by atoms with E-state index in [1.165, 1.54) is 19.3 Å². The summed E-state index contributed by atoms with van der Waals surface area (Å²) in [5.41, 5.74) is 0.855. The molecule has 0 spiro atoms. The van der Waals surface area contributed by atoms with E-state index >= 15 is 0 Å². The van der Waals surface area contributed by atoms with E-state index in [0.29, 0.717) is 11.4 Å². The van der Waals surface area contributed by atoms with Gasteiger partial charge in [-0.3, -0.25) is 19.6 Å². The van der Waals surface area contributed by atoms with Crippen LogP contribution < -0.4 is 0 Å². The van der Waals surface area contributed by atoms with E-state index in [4.69, 9.17) is 9.84 Å². The molecule has 0 aliphatic carbocycles. The summed E-state index contributed by atoms with van der Waals surface area (Å²) in [6.45, 7) is 1.35. The van der Waals surface area contributed by atoms with Crippen LogP contribution in [0.25, 0.3) is 0 Å². The summed E-state index contributed by atoms with van der Waals surface area (Å²) in [5, 5.41) is 8.48. The van der Waals surface area contributed by atoms with Gasteiger partial charge in [0.25, 0.3) is 0 Å². The van der Waals surface area contributed by atoms with E-state index in [9.17, 15) is 9.59 Å². The molecule has 80 valence electrons. The zero-order valence-electron chi connectivity index (χ0n) is 8.14. The molecule has 0 unspecified atom stereocenters. The molecule has 0 fully saturated rings. The maximum absolute atomic E-state index is 10.5. The Bertz CT molecular complexity index is 361. The average molecular weight is 210 g/mol. The van der Waals surface area contributed by atoms with Crippen LogP contribution in [0.15, 0.2) is 12.4 Å². The van der Waals surface area contributed by atoms with Crippen molar-refractivity contribution in [3.8, 4) is 0 Å². The summed E-state index contributed by atoms with van der Waals surface area (Å²) in [6.07, 6.45) is 2.58. The Morgan fingerprint density at radius 2 is 1.93 bits per heavy atom. The summed E-state index contributed by atoms with van der Waals surface area (Å²) >= 11 is 0. The van der Waals surface area contributed by atoms with E-state index in [-0.39, 0.29) is 13.0 Å². The Balaban J connectivity index is 2.56. The molecule has 6 nitrogen and oxygen atoms in total. The van der Waals surface area contributed by atoms with Crippen LogP contribution in [0.1, 0.15) is 18.3 Å². The SMILES string of the molecule is CC(=O)OCc1cnc(CC(=O)O)cn1. The molecule has 0 atom stereocenters. The predicted octanol–water partition coefficient (Wildman–Crippen LogP) is 0.167. The Labute approximate surface area is 85.9 Å². The normalized spacial score (nSPS) is 9.67. The van der Waals surface area contributed by atoms with Gasteiger partial charge in [-0.15, -0.1) is 0 Å². The van der Waals surface area contributed by atoms with E-state index in [0.717, 1.165) is 0 Å². The molecule has 0 aliphatic heterocycles. The Hall–Kier alpha value is -1.98. The van der Waals surface area contributed by atoms with Gasteiger partial charge < -0.3 is 9.84 Å². The molecule has 0 bridgehead atoms. The lowest BCUT2D eigenvalue weighted by Crippen LogP contribution is -2.05. The Morgan fingerprint density at radius 1 is 1.33 bits per heavy atom. The number of carbonyl (C=O) groups excluding carboxylic acids is 1. The van der Waals surface area contributed by atoms with Gasteiger partial charge in [0.2, 0.25) is 0 Å². The molecular weight excluding hydrogens is 200 g/mol. The van der Waals surface area contributed by atoms with Gasteiger partial charge in [0, 0.05) is 13.1 Å². The quantitative estimate of drug-likeness (QED) is 0.712. The van der Waals surface area contributed by atoms with Gasteiger partial charge >= 0.3 is 11.9 Å². The number of carboxylic acids is 1. The number of hydrogen-bond donors (Lipinski definition) is 1. The number of aliphatic carboxylic acids is 1. The summed E-state index contributed by atoms with van der Waals surface area (Å²) in [6, 6.07) is 0. The van der Waals surface area contributed by atoms with Crippen molar-refractivity contribution in [1.29, 1.82) is 0 Å². The first-order valence-electron chi connectivity index (χ1n) is 4.23. The van der Waals surface area contributed by atoms with Crippen LogP contribution in [0.3, 0.4) is 0 Å². The number of rotatable bonds is 4. The van der Waals surface area contributed by atoms with Crippen molar-refractivity contribution >= 4 is 11.9 Å². The van der Waals surface area contributed by atoms with Crippen LogP contribution in [0.4, 0.5) is 0 Å². The summed E-state index contributed by atoms with van der Waals surface area (Å²) in [7, 11) is 0. The molecule has 0 aromatic carbocycles. The van der Waals surface area contributed by atoms with Gasteiger partial charge in [-0.2, -0.15) is 0 Å². The molecule has 6 heteroatoms. The van der Waals surface area contributed by atoms with Gasteiger partial charge in [0.05, 0.1) is 24.0 Å². The third-order valence-electron chi connectivity index (χ3n) is 1.51. The van der Waals surface area contributed by atoms with Crippen molar-refractivity contribution in [2.75, 3.05) is 0 Å². The van der Waals surface area contributed by atoms with Crippen LogP contribution in [0.5, 0.6) is 0 Å². The highest BCUT2D eigenvalue weighted by molar-refractivity contribution is 5.69. The van der Waals surface area contributed by atoms with E-state index in [1.54, 1.807) is 0 Å². The topological polar surface area (TPSA) is 89.4 Å². The van der Waals surface area contributed by atoms with Gasteiger partial charge in [0.15, 0.2) is 0 Å². The first-order valence-corrected chi connectivity index (χ1v) is 4.23. The molecule has 1 heterocycles. The molecule has 1 rings (SSSR count). The predicted molar refractivity (Wildman–Crippen MR) is 48.8 cm³/mol. The van der Waals surface area contributed by atoms with Crippen LogP contribution in [-0.2, 0) is 27.4 Å². The van der Waals surface area contributed by atoms with Gasteiger partial charge in [-0.05, 0) is 0 Å². The van der Waals surface area contributed by atoms with Crippen molar-refractivity contribution in [1.82, 2.24) is 9.97 Å². The number of hydrogen-bond acceptors (Lipinski definition) is 5. The summed E-state index contributed by atoms with van der Waals surface area (Å²) in [5.74, 6) is -1.36. The molecule has 0 radical (unpaired) electrons. The minimum absolute atomic E-state index is 0.0513. The van der Waals surface area contributed by atoms with Crippen molar-refractivity contribution in [2.24, 2.45) is 0 Å². The smallest absolute Gasteiger partial charge is 0.309 e. The van der Waals surface area contributed by atoms with Crippen molar-refractivity contribution in [2.45, 2.75) is 20.0 Å². The van der Waals surface area contributed by atoms with Gasteiger partial charge in [0.1, 0.15) is 6.61 Å². The maximum atomic E-state index is 10.5. The number of carboxylic acid groups (broad SMARTS) is 1. The van der Waals surface area contributed by atoms with Crippen molar-refractivity contribution in [3.05, 3.63) is 23.8 Å². The summed E-state index contributed by atoms with van der Waals surface area (Å²) < 4.78 is 4.69. The molecule has 1 aromatic rings. The monoisotopic (exact) mass is 210 g/mol. The molecule has 1 N–H and O–H groups in total. The summed E-state index contributed by atoms with van der Waals surface area (Å²) in [4.78, 5) is 28.6. The minimum Gasteiger partial charge on any atom is -0.481 e. The lowest BCUT2D eigenvalue weighted by molar-refractivity contribution is -0.142. The number of carbonyl (C=O) groups is 2. The second kappa shape index (κ2) is 5.04. The molecule has 0 saturated carbocycles. The lowest BCUT2D eigenvalue weighted by Gasteiger charge is -2.01.